The summed E-state index contributed by atoms with van der Waals surface area (Å²) in [6, 6.07) is 0.730. The third kappa shape index (κ3) is 4.19. The van der Waals surface area contributed by atoms with Gasteiger partial charge in [-0.1, -0.05) is 13.8 Å². The smallest absolute Gasteiger partial charge is 0.0546 e. The molecule has 0 aromatic carbocycles. The van der Waals surface area contributed by atoms with Crippen molar-refractivity contribution in [1.82, 2.24) is 10.2 Å². The zero-order valence-corrected chi connectivity index (χ0v) is 13.8. The van der Waals surface area contributed by atoms with E-state index in [0.29, 0.717) is 5.41 Å². The van der Waals surface area contributed by atoms with Gasteiger partial charge >= 0.3 is 0 Å². The summed E-state index contributed by atoms with van der Waals surface area (Å²) < 4.78 is 5.85. The van der Waals surface area contributed by atoms with Crippen LogP contribution < -0.4 is 5.32 Å². The highest BCUT2D eigenvalue weighted by Gasteiger charge is 2.37. The average Bonchev–Trinajstić information content (AvgIpc) is 2.45. The standard InChI is InChI=1S/C17H34N2O/c1-4-9-18-12-17(8-6-11-20-14-17)13-19-10-5-7-15(2)16(19)3/h15-16,18H,4-14H2,1-3H3. The molecule has 0 amide bonds. The van der Waals surface area contributed by atoms with Crippen molar-refractivity contribution in [2.75, 3.05) is 39.4 Å². The Kier molecular flexibility index (Phi) is 6.31. The zero-order valence-electron chi connectivity index (χ0n) is 13.8. The second-order valence-electron chi connectivity index (χ2n) is 7.16. The second kappa shape index (κ2) is 7.77. The van der Waals surface area contributed by atoms with E-state index in [1.54, 1.807) is 0 Å². The van der Waals surface area contributed by atoms with Gasteiger partial charge in [-0.15, -0.1) is 0 Å². The van der Waals surface area contributed by atoms with Crippen LogP contribution in [0.1, 0.15) is 52.9 Å². The van der Waals surface area contributed by atoms with Gasteiger partial charge in [0.15, 0.2) is 0 Å². The maximum Gasteiger partial charge on any atom is 0.0546 e. The number of piperidine rings is 1. The first-order chi connectivity index (χ1) is 9.67. The average molecular weight is 282 g/mol. The lowest BCUT2D eigenvalue weighted by molar-refractivity contribution is -0.0412. The largest absolute Gasteiger partial charge is 0.381 e. The van der Waals surface area contributed by atoms with Crippen molar-refractivity contribution < 1.29 is 4.74 Å². The van der Waals surface area contributed by atoms with Crippen molar-refractivity contribution in [1.29, 1.82) is 0 Å². The summed E-state index contributed by atoms with van der Waals surface area (Å²) >= 11 is 0. The molecule has 1 N–H and O–H groups in total. The van der Waals surface area contributed by atoms with E-state index in [-0.39, 0.29) is 0 Å². The first-order valence-corrected chi connectivity index (χ1v) is 8.69. The van der Waals surface area contributed by atoms with Crippen molar-refractivity contribution in [3.63, 3.8) is 0 Å². The van der Waals surface area contributed by atoms with Gasteiger partial charge in [-0.3, -0.25) is 4.90 Å². The number of likely N-dealkylation sites (tertiary alicyclic amines) is 1. The van der Waals surface area contributed by atoms with E-state index in [0.717, 1.165) is 38.3 Å². The summed E-state index contributed by atoms with van der Waals surface area (Å²) in [5, 5.41) is 3.65. The number of rotatable bonds is 6. The van der Waals surface area contributed by atoms with E-state index >= 15 is 0 Å². The molecule has 2 saturated heterocycles. The zero-order chi connectivity index (χ0) is 14.4. The van der Waals surface area contributed by atoms with Gasteiger partial charge in [0.25, 0.3) is 0 Å². The molecule has 0 bridgehead atoms. The van der Waals surface area contributed by atoms with Crippen LogP contribution in [0.25, 0.3) is 0 Å². The fourth-order valence-corrected chi connectivity index (χ4v) is 3.84. The van der Waals surface area contributed by atoms with E-state index in [1.165, 1.54) is 45.2 Å². The minimum atomic E-state index is 0.346. The lowest BCUT2D eigenvalue weighted by Gasteiger charge is -2.46. The van der Waals surface area contributed by atoms with Gasteiger partial charge in [0.05, 0.1) is 6.61 Å². The summed E-state index contributed by atoms with van der Waals surface area (Å²) in [5.41, 5.74) is 0.346. The van der Waals surface area contributed by atoms with Crippen LogP contribution >= 0.6 is 0 Å². The topological polar surface area (TPSA) is 24.5 Å². The Bertz CT molecular complexity index is 276. The first kappa shape index (κ1) is 16.3. The number of hydrogen-bond donors (Lipinski definition) is 1. The van der Waals surface area contributed by atoms with Gasteiger partial charge in [-0.05, 0) is 58.0 Å². The highest BCUT2D eigenvalue weighted by molar-refractivity contribution is 4.90. The van der Waals surface area contributed by atoms with E-state index in [9.17, 15) is 0 Å². The van der Waals surface area contributed by atoms with E-state index in [4.69, 9.17) is 4.74 Å². The van der Waals surface area contributed by atoms with Gasteiger partial charge in [0.1, 0.15) is 0 Å². The van der Waals surface area contributed by atoms with Crippen LogP contribution in [-0.4, -0.2) is 50.3 Å². The molecule has 0 radical (unpaired) electrons. The third-order valence-electron chi connectivity index (χ3n) is 5.37. The van der Waals surface area contributed by atoms with E-state index in [2.05, 4.69) is 31.0 Å². The van der Waals surface area contributed by atoms with Crippen molar-refractivity contribution in [3.05, 3.63) is 0 Å². The molecule has 3 heteroatoms. The van der Waals surface area contributed by atoms with Crippen LogP contribution in [0, 0.1) is 11.3 Å². The normalized spacial score (nSPS) is 36.1. The molecule has 3 nitrogen and oxygen atoms in total. The minimum Gasteiger partial charge on any atom is -0.381 e. The SMILES string of the molecule is CCCNCC1(CN2CCCC(C)C2C)CCCOC1. The monoisotopic (exact) mass is 282 g/mol. The Morgan fingerprint density at radius 1 is 1.30 bits per heavy atom. The minimum absolute atomic E-state index is 0.346. The summed E-state index contributed by atoms with van der Waals surface area (Å²) in [6.07, 6.45) is 6.53. The summed E-state index contributed by atoms with van der Waals surface area (Å²) in [7, 11) is 0. The third-order valence-corrected chi connectivity index (χ3v) is 5.37. The van der Waals surface area contributed by atoms with Crippen LogP contribution in [0.2, 0.25) is 0 Å². The highest BCUT2D eigenvalue weighted by Crippen LogP contribution is 2.32. The molecular weight excluding hydrogens is 248 g/mol. The van der Waals surface area contributed by atoms with Crippen molar-refractivity contribution in [2.24, 2.45) is 11.3 Å². The Balaban J connectivity index is 1.95. The molecule has 0 aromatic rings. The van der Waals surface area contributed by atoms with Gasteiger partial charge in [-0.2, -0.15) is 0 Å². The quantitative estimate of drug-likeness (QED) is 0.758. The molecule has 118 valence electrons. The molecule has 0 spiro atoms. The maximum atomic E-state index is 5.85. The molecule has 3 atom stereocenters. The van der Waals surface area contributed by atoms with Gasteiger partial charge < -0.3 is 10.1 Å². The predicted molar refractivity (Wildman–Crippen MR) is 85.1 cm³/mol. The Morgan fingerprint density at radius 3 is 2.85 bits per heavy atom. The summed E-state index contributed by atoms with van der Waals surface area (Å²) in [6.45, 7) is 13.7. The molecule has 2 aliphatic rings. The second-order valence-corrected chi connectivity index (χ2v) is 7.16. The maximum absolute atomic E-state index is 5.85. The molecule has 0 aliphatic carbocycles. The molecule has 3 unspecified atom stereocenters. The molecule has 0 aromatic heterocycles. The lowest BCUT2D eigenvalue weighted by atomic mass is 9.80. The molecule has 2 heterocycles. The fourth-order valence-electron chi connectivity index (χ4n) is 3.84. The molecule has 0 saturated carbocycles. The van der Waals surface area contributed by atoms with Crippen LogP contribution in [-0.2, 0) is 4.74 Å². The first-order valence-electron chi connectivity index (χ1n) is 8.69. The number of nitrogens with one attached hydrogen (secondary N) is 1. The van der Waals surface area contributed by atoms with Crippen molar-refractivity contribution in [2.45, 2.75) is 58.9 Å². The van der Waals surface area contributed by atoms with Crippen LogP contribution in [0.5, 0.6) is 0 Å². The summed E-state index contributed by atoms with van der Waals surface area (Å²) in [5.74, 6) is 0.842. The Labute approximate surface area is 125 Å². The van der Waals surface area contributed by atoms with E-state index in [1.807, 2.05) is 0 Å². The number of nitrogens with zero attached hydrogens (tertiary/aromatic N) is 1. The van der Waals surface area contributed by atoms with E-state index < -0.39 is 0 Å². The molecule has 2 rings (SSSR count). The van der Waals surface area contributed by atoms with Crippen LogP contribution in [0.3, 0.4) is 0 Å². The van der Waals surface area contributed by atoms with Crippen molar-refractivity contribution in [3.8, 4) is 0 Å². The summed E-state index contributed by atoms with van der Waals surface area (Å²) in [4.78, 5) is 2.73. The van der Waals surface area contributed by atoms with Gasteiger partial charge in [0.2, 0.25) is 0 Å². The number of ether oxygens (including phenoxy) is 1. The number of hydrogen-bond acceptors (Lipinski definition) is 3. The molecular formula is C17H34N2O. The molecule has 2 fully saturated rings. The predicted octanol–water partition coefficient (Wildman–Crippen LogP) is 2.90. The van der Waals surface area contributed by atoms with Crippen LogP contribution in [0.4, 0.5) is 0 Å². The van der Waals surface area contributed by atoms with Gasteiger partial charge in [-0.25, -0.2) is 0 Å². The molecule has 20 heavy (non-hydrogen) atoms. The Morgan fingerprint density at radius 2 is 2.15 bits per heavy atom. The highest BCUT2D eigenvalue weighted by atomic mass is 16.5. The lowest BCUT2D eigenvalue weighted by Crippen LogP contribution is -2.53. The van der Waals surface area contributed by atoms with Gasteiger partial charge in [0, 0.05) is 31.2 Å². The Hall–Kier alpha value is -0.120. The molecule has 2 aliphatic heterocycles. The van der Waals surface area contributed by atoms with Crippen molar-refractivity contribution >= 4 is 0 Å². The van der Waals surface area contributed by atoms with Crippen LogP contribution in [0.15, 0.2) is 0 Å². The fraction of sp³-hybridized carbons (Fsp3) is 1.00.